The molecule has 0 aliphatic heterocycles. The van der Waals surface area contributed by atoms with Gasteiger partial charge in [0.1, 0.15) is 11.8 Å². The van der Waals surface area contributed by atoms with Gasteiger partial charge in [-0.25, -0.2) is 4.79 Å². The number of aliphatic carboxylic acids is 1. The molecule has 134 valence electrons. The highest BCUT2D eigenvalue weighted by Crippen LogP contribution is 2.18. The number of hydrogen-bond acceptors (Lipinski definition) is 4. The number of carboxylic acids is 1. The van der Waals surface area contributed by atoms with Crippen molar-refractivity contribution in [1.29, 1.82) is 0 Å². The first-order chi connectivity index (χ1) is 11.9. The second-order valence-electron chi connectivity index (χ2n) is 5.64. The summed E-state index contributed by atoms with van der Waals surface area (Å²) in [7, 11) is 3.09. The molecule has 2 aromatic rings. The summed E-state index contributed by atoms with van der Waals surface area (Å²) >= 11 is 0. The molecule has 25 heavy (non-hydrogen) atoms. The lowest BCUT2D eigenvalue weighted by Crippen LogP contribution is -2.43. The van der Waals surface area contributed by atoms with E-state index in [4.69, 9.17) is 4.74 Å². The molecule has 0 fully saturated rings. The number of methoxy groups -OCH3 is 1. The number of ether oxygens (including phenoxy) is 1. The number of carbonyl (C=O) groups excluding carboxylic acids is 1. The summed E-state index contributed by atoms with van der Waals surface area (Å²) in [6.07, 6.45) is 1.91. The second kappa shape index (κ2) is 8.18. The van der Waals surface area contributed by atoms with Gasteiger partial charge < -0.3 is 20.3 Å². The number of amides is 1. The summed E-state index contributed by atoms with van der Waals surface area (Å²) in [5.41, 5.74) is 0.862. The number of nitrogens with one attached hydrogen (secondary N) is 2. The maximum Gasteiger partial charge on any atom is 0.326 e. The largest absolute Gasteiger partial charge is 0.496 e. The Morgan fingerprint density at radius 3 is 2.64 bits per heavy atom. The van der Waals surface area contributed by atoms with Gasteiger partial charge >= 0.3 is 5.97 Å². The van der Waals surface area contributed by atoms with Crippen molar-refractivity contribution < 1.29 is 19.4 Å². The molecule has 1 heterocycles. The number of para-hydroxylation sites is 1. The van der Waals surface area contributed by atoms with Crippen LogP contribution in [0.5, 0.6) is 5.75 Å². The van der Waals surface area contributed by atoms with Gasteiger partial charge in [0.25, 0.3) is 5.56 Å². The van der Waals surface area contributed by atoms with E-state index in [1.807, 2.05) is 18.2 Å². The van der Waals surface area contributed by atoms with Crippen LogP contribution in [0, 0.1) is 0 Å². The minimum atomic E-state index is -1.19. The zero-order chi connectivity index (χ0) is 18.4. The molecule has 8 nitrogen and oxygen atoms in total. The van der Waals surface area contributed by atoms with Crippen molar-refractivity contribution in [1.82, 2.24) is 15.1 Å². The first-order valence-electron chi connectivity index (χ1n) is 7.79. The molecule has 1 aromatic heterocycles. The number of aromatic nitrogens is 2. The number of aromatic amines is 1. The van der Waals surface area contributed by atoms with Gasteiger partial charge in [0.2, 0.25) is 5.91 Å². The van der Waals surface area contributed by atoms with Crippen LogP contribution in [-0.2, 0) is 29.5 Å². The van der Waals surface area contributed by atoms with Crippen LogP contribution >= 0.6 is 0 Å². The molecule has 3 N–H and O–H groups in total. The summed E-state index contributed by atoms with van der Waals surface area (Å²) in [6, 6.07) is 6.17. The number of aryl methyl sites for hydroxylation is 2. The first kappa shape index (κ1) is 18.3. The highest BCUT2D eigenvalue weighted by molar-refractivity contribution is 5.83. The molecule has 0 radical (unpaired) electrons. The fourth-order valence-corrected chi connectivity index (χ4v) is 2.50. The third-order valence-corrected chi connectivity index (χ3v) is 3.88. The maximum absolute atomic E-state index is 12.1. The lowest BCUT2D eigenvalue weighted by atomic mass is 10.1. The number of benzene rings is 1. The van der Waals surface area contributed by atoms with E-state index in [0.717, 1.165) is 5.56 Å². The molecule has 0 spiro atoms. The third kappa shape index (κ3) is 4.72. The number of hydrogen-bond donors (Lipinski definition) is 3. The van der Waals surface area contributed by atoms with Crippen LogP contribution in [-0.4, -0.2) is 39.9 Å². The molecule has 1 aromatic carbocycles. The van der Waals surface area contributed by atoms with Crippen LogP contribution in [0.3, 0.4) is 0 Å². The molecule has 1 atom stereocenters. The molecule has 0 unspecified atom stereocenters. The van der Waals surface area contributed by atoms with Crippen LogP contribution < -0.4 is 15.6 Å². The van der Waals surface area contributed by atoms with E-state index in [9.17, 15) is 19.5 Å². The molecule has 0 saturated heterocycles. The topological polar surface area (TPSA) is 113 Å². The number of carbonyl (C=O) groups is 2. The van der Waals surface area contributed by atoms with Crippen molar-refractivity contribution in [2.24, 2.45) is 7.05 Å². The summed E-state index contributed by atoms with van der Waals surface area (Å²) in [4.78, 5) is 35.3. The van der Waals surface area contributed by atoms with E-state index in [0.29, 0.717) is 17.7 Å². The van der Waals surface area contributed by atoms with Crippen molar-refractivity contribution in [3.63, 3.8) is 0 Å². The number of nitrogens with zero attached hydrogens (tertiary/aromatic N) is 1. The highest BCUT2D eigenvalue weighted by atomic mass is 16.5. The summed E-state index contributed by atoms with van der Waals surface area (Å²) in [5, 5.41) is 14.4. The summed E-state index contributed by atoms with van der Waals surface area (Å²) in [6.45, 7) is 0. The van der Waals surface area contributed by atoms with Gasteiger partial charge in [0, 0.05) is 31.6 Å². The van der Waals surface area contributed by atoms with Crippen LogP contribution in [0.2, 0.25) is 0 Å². The molecule has 0 saturated carbocycles. The molecule has 0 aliphatic carbocycles. The zero-order valence-corrected chi connectivity index (χ0v) is 14.1. The predicted molar refractivity (Wildman–Crippen MR) is 90.6 cm³/mol. The summed E-state index contributed by atoms with van der Waals surface area (Å²) < 4.78 is 6.47. The van der Waals surface area contributed by atoms with Crippen molar-refractivity contribution in [2.75, 3.05) is 7.11 Å². The Labute approximate surface area is 144 Å². The van der Waals surface area contributed by atoms with E-state index in [1.165, 1.54) is 17.9 Å². The van der Waals surface area contributed by atoms with Crippen molar-refractivity contribution in [3.8, 4) is 5.75 Å². The standard InChI is InChI=1S/C17H21N3O5/c1-20-16(22)12(10-18-20)9-13(17(23)24)19-15(21)8-7-11-5-3-4-6-14(11)25-2/h3-6,10,13,18H,7-9H2,1-2H3,(H,19,21)(H,23,24)/t13-/m1/s1. The van der Waals surface area contributed by atoms with Gasteiger partial charge in [0.15, 0.2) is 0 Å². The predicted octanol–water partition coefficient (Wildman–Crippen LogP) is 0.467. The maximum atomic E-state index is 12.1. The Hall–Kier alpha value is -3.03. The number of H-pyrrole nitrogens is 1. The summed E-state index contributed by atoms with van der Waals surface area (Å²) in [5.74, 6) is -0.902. The molecule has 0 aliphatic rings. The number of rotatable bonds is 8. The molecular formula is C17H21N3O5. The lowest BCUT2D eigenvalue weighted by Gasteiger charge is -2.14. The van der Waals surface area contributed by atoms with Crippen LogP contribution in [0.25, 0.3) is 0 Å². The van der Waals surface area contributed by atoms with Gasteiger partial charge in [-0.1, -0.05) is 18.2 Å². The average Bonchev–Trinajstić information content (AvgIpc) is 2.91. The van der Waals surface area contributed by atoms with Crippen LogP contribution in [0.4, 0.5) is 0 Å². The quantitative estimate of drug-likeness (QED) is 0.642. The van der Waals surface area contributed by atoms with Crippen LogP contribution in [0.15, 0.2) is 35.3 Å². The Kier molecular flexibility index (Phi) is 5.99. The van der Waals surface area contributed by atoms with Crippen LogP contribution in [0.1, 0.15) is 17.5 Å². The fraction of sp³-hybridized carbons (Fsp3) is 0.353. The molecule has 0 bridgehead atoms. The van der Waals surface area contributed by atoms with E-state index in [2.05, 4.69) is 10.4 Å². The van der Waals surface area contributed by atoms with Gasteiger partial charge in [-0.2, -0.15) is 0 Å². The fourth-order valence-electron chi connectivity index (χ4n) is 2.50. The Bertz CT molecular complexity index is 809. The lowest BCUT2D eigenvalue weighted by molar-refractivity contribution is -0.141. The Morgan fingerprint density at radius 1 is 1.32 bits per heavy atom. The van der Waals surface area contributed by atoms with Crippen molar-refractivity contribution in [2.45, 2.75) is 25.3 Å². The number of carboxylic acid groups (broad SMARTS) is 1. The van der Waals surface area contributed by atoms with Gasteiger partial charge in [-0.3, -0.25) is 14.3 Å². The Balaban J connectivity index is 1.97. The van der Waals surface area contributed by atoms with E-state index in [-0.39, 0.29) is 18.4 Å². The molecule has 8 heteroatoms. The van der Waals surface area contributed by atoms with E-state index in [1.54, 1.807) is 13.2 Å². The van der Waals surface area contributed by atoms with Crippen molar-refractivity contribution in [3.05, 3.63) is 51.9 Å². The van der Waals surface area contributed by atoms with E-state index >= 15 is 0 Å². The van der Waals surface area contributed by atoms with Gasteiger partial charge in [-0.15, -0.1) is 0 Å². The minimum absolute atomic E-state index is 0.0775. The SMILES string of the molecule is COc1ccccc1CCC(=O)N[C@H](Cc1c[nH]n(C)c1=O)C(=O)O. The molecular weight excluding hydrogens is 326 g/mol. The first-order valence-corrected chi connectivity index (χ1v) is 7.79. The molecule has 2 rings (SSSR count). The smallest absolute Gasteiger partial charge is 0.326 e. The highest BCUT2D eigenvalue weighted by Gasteiger charge is 2.22. The molecule has 1 amide bonds. The Morgan fingerprint density at radius 2 is 2.04 bits per heavy atom. The van der Waals surface area contributed by atoms with E-state index < -0.39 is 17.9 Å². The van der Waals surface area contributed by atoms with Gasteiger partial charge in [0.05, 0.1) is 7.11 Å². The monoisotopic (exact) mass is 347 g/mol. The van der Waals surface area contributed by atoms with Crippen molar-refractivity contribution >= 4 is 11.9 Å². The minimum Gasteiger partial charge on any atom is -0.496 e. The average molecular weight is 347 g/mol. The second-order valence-corrected chi connectivity index (χ2v) is 5.64. The zero-order valence-electron chi connectivity index (χ0n) is 14.1. The van der Waals surface area contributed by atoms with Gasteiger partial charge in [-0.05, 0) is 18.1 Å². The third-order valence-electron chi connectivity index (χ3n) is 3.88. The normalized spacial score (nSPS) is 11.8.